The van der Waals surface area contributed by atoms with Gasteiger partial charge in [0, 0.05) is 6.04 Å². The van der Waals surface area contributed by atoms with Crippen molar-refractivity contribution >= 4 is 15.7 Å². The Hall–Kier alpha value is -0.620. The van der Waals surface area contributed by atoms with Gasteiger partial charge in [-0.05, 0) is 18.8 Å². The fourth-order valence-electron chi connectivity index (χ4n) is 1.84. The van der Waals surface area contributed by atoms with Crippen LogP contribution >= 0.6 is 0 Å². The minimum atomic E-state index is -2.88. The SMILES string of the molecule is CCC(C)[C@H](N)C(=O)NC1CCS(=O)(=O)CC1. The van der Waals surface area contributed by atoms with Crippen molar-refractivity contribution in [2.24, 2.45) is 11.7 Å². The van der Waals surface area contributed by atoms with Crippen molar-refractivity contribution in [2.45, 2.75) is 45.2 Å². The second-order valence-corrected chi connectivity index (χ2v) is 7.15. The minimum absolute atomic E-state index is 0.0406. The van der Waals surface area contributed by atoms with Gasteiger partial charge < -0.3 is 11.1 Å². The molecular formula is C11H22N2O3S. The summed E-state index contributed by atoms with van der Waals surface area (Å²) in [7, 11) is -2.88. The van der Waals surface area contributed by atoms with Crippen LogP contribution in [0.4, 0.5) is 0 Å². The van der Waals surface area contributed by atoms with Gasteiger partial charge in [-0.25, -0.2) is 8.42 Å². The van der Waals surface area contributed by atoms with Crippen LogP contribution in [0.3, 0.4) is 0 Å². The van der Waals surface area contributed by atoms with E-state index in [4.69, 9.17) is 5.73 Å². The number of sulfone groups is 1. The monoisotopic (exact) mass is 262 g/mol. The highest BCUT2D eigenvalue weighted by molar-refractivity contribution is 7.91. The van der Waals surface area contributed by atoms with Gasteiger partial charge in [-0.1, -0.05) is 20.3 Å². The van der Waals surface area contributed by atoms with E-state index in [0.29, 0.717) is 12.8 Å². The maximum absolute atomic E-state index is 11.8. The van der Waals surface area contributed by atoms with Crippen LogP contribution < -0.4 is 11.1 Å². The standard InChI is InChI=1S/C11H22N2O3S/c1-3-8(2)10(12)11(14)13-9-4-6-17(15,16)7-5-9/h8-10H,3-7,12H2,1-2H3,(H,13,14)/t8?,10-/m0/s1. The maximum atomic E-state index is 11.8. The summed E-state index contributed by atoms with van der Waals surface area (Å²) < 4.78 is 22.5. The van der Waals surface area contributed by atoms with E-state index in [1.54, 1.807) is 0 Å². The van der Waals surface area contributed by atoms with Crippen LogP contribution in [0, 0.1) is 5.92 Å². The Morgan fingerprint density at radius 1 is 1.41 bits per heavy atom. The molecule has 3 N–H and O–H groups in total. The van der Waals surface area contributed by atoms with Gasteiger partial charge in [-0.3, -0.25) is 4.79 Å². The van der Waals surface area contributed by atoms with Gasteiger partial charge in [-0.15, -0.1) is 0 Å². The lowest BCUT2D eigenvalue weighted by Gasteiger charge is -2.26. The van der Waals surface area contributed by atoms with Crippen LogP contribution in [0.2, 0.25) is 0 Å². The molecule has 1 aliphatic heterocycles. The highest BCUT2D eigenvalue weighted by Gasteiger charge is 2.27. The smallest absolute Gasteiger partial charge is 0.237 e. The van der Waals surface area contributed by atoms with Crippen LogP contribution in [-0.4, -0.2) is 37.9 Å². The number of carbonyl (C=O) groups excluding carboxylic acids is 1. The first-order valence-electron chi connectivity index (χ1n) is 6.12. The van der Waals surface area contributed by atoms with Crippen LogP contribution in [0.15, 0.2) is 0 Å². The van der Waals surface area contributed by atoms with Gasteiger partial charge in [0.1, 0.15) is 9.84 Å². The highest BCUT2D eigenvalue weighted by atomic mass is 32.2. The van der Waals surface area contributed by atoms with E-state index in [2.05, 4.69) is 5.32 Å². The van der Waals surface area contributed by atoms with Crippen molar-refractivity contribution in [3.05, 3.63) is 0 Å². The Kier molecular flexibility index (Phi) is 4.94. The predicted octanol–water partition coefficient (Wildman–Crippen LogP) is 0.0532. The number of carbonyl (C=O) groups is 1. The van der Waals surface area contributed by atoms with Crippen molar-refractivity contribution in [1.29, 1.82) is 0 Å². The molecule has 0 radical (unpaired) electrons. The van der Waals surface area contributed by atoms with Crippen molar-refractivity contribution < 1.29 is 13.2 Å². The van der Waals surface area contributed by atoms with Crippen LogP contribution in [0.25, 0.3) is 0 Å². The van der Waals surface area contributed by atoms with Gasteiger partial charge in [0.25, 0.3) is 0 Å². The lowest BCUT2D eigenvalue weighted by Crippen LogP contribution is -2.50. The molecule has 100 valence electrons. The van der Waals surface area contributed by atoms with E-state index in [-0.39, 0.29) is 29.4 Å². The van der Waals surface area contributed by atoms with E-state index in [1.807, 2.05) is 13.8 Å². The summed E-state index contributed by atoms with van der Waals surface area (Å²) in [6, 6.07) is -0.542. The highest BCUT2D eigenvalue weighted by Crippen LogP contribution is 2.13. The van der Waals surface area contributed by atoms with Gasteiger partial charge in [0.15, 0.2) is 0 Å². The average molecular weight is 262 g/mol. The normalized spacial score (nSPS) is 23.9. The summed E-state index contributed by atoms with van der Waals surface area (Å²) >= 11 is 0. The minimum Gasteiger partial charge on any atom is -0.352 e. The molecule has 0 saturated carbocycles. The molecule has 1 rings (SSSR count). The number of nitrogens with one attached hydrogen (secondary N) is 1. The first kappa shape index (κ1) is 14.4. The zero-order chi connectivity index (χ0) is 13.1. The molecule has 0 aliphatic carbocycles. The van der Waals surface area contributed by atoms with E-state index in [1.165, 1.54) is 0 Å². The largest absolute Gasteiger partial charge is 0.352 e. The molecule has 0 spiro atoms. The number of hydrogen-bond donors (Lipinski definition) is 2. The predicted molar refractivity (Wildman–Crippen MR) is 67.2 cm³/mol. The molecule has 1 unspecified atom stereocenters. The van der Waals surface area contributed by atoms with E-state index in [9.17, 15) is 13.2 Å². The zero-order valence-electron chi connectivity index (χ0n) is 10.5. The molecule has 0 aromatic carbocycles. The molecule has 5 nitrogen and oxygen atoms in total. The Balaban J connectivity index is 2.43. The molecule has 1 aliphatic rings. The molecule has 17 heavy (non-hydrogen) atoms. The van der Waals surface area contributed by atoms with E-state index < -0.39 is 15.9 Å². The fourth-order valence-corrected chi connectivity index (χ4v) is 3.34. The summed E-state index contributed by atoms with van der Waals surface area (Å²) in [6.07, 6.45) is 1.86. The number of hydrogen-bond acceptors (Lipinski definition) is 4. The van der Waals surface area contributed by atoms with Gasteiger partial charge in [0.05, 0.1) is 17.5 Å². The number of rotatable bonds is 4. The molecule has 1 saturated heterocycles. The third kappa shape index (κ3) is 4.27. The summed E-state index contributed by atoms with van der Waals surface area (Å²) in [5.41, 5.74) is 5.81. The maximum Gasteiger partial charge on any atom is 0.237 e. The summed E-state index contributed by atoms with van der Waals surface area (Å²) in [5, 5.41) is 2.84. The molecular weight excluding hydrogens is 240 g/mol. The van der Waals surface area contributed by atoms with Gasteiger partial charge in [0.2, 0.25) is 5.91 Å². The van der Waals surface area contributed by atoms with Crippen LogP contribution in [0.1, 0.15) is 33.1 Å². The molecule has 6 heteroatoms. The number of nitrogens with two attached hydrogens (primary N) is 1. The molecule has 1 fully saturated rings. The van der Waals surface area contributed by atoms with Gasteiger partial charge >= 0.3 is 0 Å². The van der Waals surface area contributed by atoms with Crippen molar-refractivity contribution in [1.82, 2.24) is 5.32 Å². The van der Waals surface area contributed by atoms with Crippen molar-refractivity contribution in [3.8, 4) is 0 Å². The van der Waals surface area contributed by atoms with E-state index in [0.717, 1.165) is 6.42 Å². The zero-order valence-corrected chi connectivity index (χ0v) is 11.3. The average Bonchev–Trinajstić information content (AvgIpc) is 2.29. The number of amides is 1. The quantitative estimate of drug-likeness (QED) is 0.749. The third-order valence-corrected chi connectivity index (χ3v) is 5.18. The third-order valence-electron chi connectivity index (χ3n) is 3.46. The molecule has 0 aromatic heterocycles. The Labute approximate surface area is 103 Å². The fraction of sp³-hybridized carbons (Fsp3) is 0.909. The van der Waals surface area contributed by atoms with Crippen LogP contribution in [0.5, 0.6) is 0 Å². The molecule has 1 heterocycles. The summed E-state index contributed by atoms with van der Waals surface area (Å²) in [4.78, 5) is 11.8. The lowest BCUT2D eigenvalue weighted by molar-refractivity contribution is -0.124. The topological polar surface area (TPSA) is 89.3 Å². The first-order valence-corrected chi connectivity index (χ1v) is 7.94. The van der Waals surface area contributed by atoms with Crippen molar-refractivity contribution in [3.63, 3.8) is 0 Å². The Morgan fingerprint density at radius 2 is 1.94 bits per heavy atom. The second-order valence-electron chi connectivity index (χ2n) is 4.85. The Bertz CT molecular complexity index is 353. The van der Waals surface area contributed by atoms with E-state index >= 15 is 0 Å². The molecule has 1 amide bonds. The first-order chi connectivity index (χ1) is 7.85. The second kappa shape index (κ2) is 5.82. The molecule has 0 bridgehead atoms. The van der Waals surface area contributed by atoms with Crippen LogP contribution in [-0.2, 0) is 14.6 Å². The Morgan fingerprint density at radius 3 is 2.41 bits per heavy atom. The van der Waals surface area contributed by atoms with Gasteiger partial charge in [-0.2, -0.15) is 0 Å². The summed E-state index contributed by atoms with van der Waals surface area (Å²) in [5.74, 6) is 0.304. The summed E-state index contributed by atoms with van der Waals surface area (Å²) in [6.45, 7) is 3.93. The lowest BCUT2D eigenvalue weighted by atomic mass is 9.99. The van der Waals surface area contributed by atoms with Crippen molar-refractivity contribution in [2.75, 3.05) is 11.5 Å². The molecule has 0 aromatic rings. The molecule has 2 atom stereocenters.